The van der Waals surface area contributed by atoms with Crippen LogP contribution in [0.25, 0.3) is 0 Å². The molecule has 0 saturated carbocycles. The lowest BCUT2D eigenvalue weighted by Gasteiger charge is -2.37. The number of aromatic nitrogens is 1. The first-order valence-electron chi connectivity index (χ1n) is 9.78. The molecule has 0 bridgehead atoms. The lowest BCUT2D eigenvalue weighted by molar-refractivity contribution is -0.134. The Morgan fingerprint density at radius 2 is 1.68 bits per heavy atom. The van der Waals surface area contributed by atoms with E-state index >= 15 is 0 Å². The third-order valence-electron chi connectivity index (χ3n) is 5.10. The van der Waals surface area contributed by atoms with Crippen molar-refractivity contribution in [3.05, 3.63) is 59.8 Å². The van der Waals surface area contributed by atoms with E-state index in [2.05, 4.69) is 15.2 Å². The van der Waals surface area contributed by atoms with Gasteiger partial charge < -0.3 is 15.1 Å². The molecule has 6 nitrogen and oxygen atoms in total. The van der Waals surface area contributed by atoms with Gasteiger partial charge in [-0.3, -0.25) is 9.59 Å². The van der Waals surface area contributed by atoms with Gasteiger partial charge in [-0.25, -0.2) is 4.98 Å². The summed E-state index contributed by atoms with van der Waals surface area (Å²) in [5.41, 5.74) is 1.67. The molecule has 6 heteroatoms. The van der Waals surface area contributed by atoms with Gasteiger partial charge in [-0.1, -0.05) is 37.6 Å². The minimum atomic E-state index is -0.532. The maximum absolute atomic E-state index is 13.1. The third kappa shape index (κ3) is 4.68. The second-order valence-corrected chi connectivity index (χ2v) is 7.56. The Hall–Kier alpha value is -2.89. The molecule has 1 aromatic carbocycles. The molecule has 1 aliphatic heterocycles. The van der Waals surface area contributed by atoms with Gasteiger partial charge in [0.25, 0.3) is 5.91 Å². The van der Waals surface area contributed by atoms with Gasteiger partial charge in [0.15, 0.2) is 0 Å². The number of nitrogens with zero attached hydrogens (tertiary/aromatic N) is 3. The van der Waals surface area contributed by atoms with Crippen molar-refractivity contribution in [3.8, 4) is 0 Å². The Kier molecular flexibility index (Phi) is 6.29. The summed E-state index contributed by atoms with van der Waals surface area (Å²) in [7, 11) is 0. The number of hydrogen-bond acceptors (Lipinski definition) is 4. The molecule has 0 radical (unpaired) electrons. The molecule has 1 fully saturated rings. The quantitative estimate of drug-likeness (QED) is 0.866. The van der Waals surface area contributed by atoms with Crippen molar-refractivity contribution in [3.63, 3.8) is 0 Å². The highest BCUT2D eigenvalue weighted by molar-refractivity contribution is 5.97. The fourth-order valence-electron chi connectivity index (χ4n) is 3.34. The number of aryl methyl sites for hydroxylation is 1. The summed E-state index contributed by atoms with van der Waals surface area (Å²) in [4.78, 5) is 34.1. The summed E-state index contributed by atoms with van der Waals surface area (Å²) in [6.07, 6.45) is 1.78. The summed E-state index contributed by atoms with van der Waals surface area (Å²) < 4.78 is 0. The van der Waals surface area contributed by atoms with Crippen LogP contribution in [0.3, 0.4) is 0 Å². The van der Waals surface area contributed by atoms with Crippen LogP contribution >= 0.6 is 0 Å². The highest BCUT2D eigenvalue weighted by atomic mass is 16.2. The van der Waals surface area contributed by atoms with Crippen molar-refractivity contribution in [2.24, 2.45) is 5.92 Å². The summed E-state index contributed by atoms with van der Waals surface area (Å²) >= 11 is 0. The summed E-state index contributed by atoms with van der Waals surface area (Å²) in [5.74, 6) is 0.716. The van der Waals surface area contributed by atoms with E-state index < -0.39 is 6.04 Å². The zero-order chi connectivity index (χ0) is 20.1. The second-order valence-electron chi connectivity index (χ2n) is 7.56. The smallest absolute Gasteiger partial charge is 0.251 e. The van der Waals surface area contributed by atoms with Crippen LogP contribution in [0.1, 0.15) is 29.8 Å². The normalized spacial score (nSPS) is 15.4. The summed E-state index contributed by atoms with van der Waals surface area (Å²) in [6, 6.07) is 12.7. The number of piperazine rings is 1. The Bertz CT molecular complexity index is 797. The van der Waals surface area contributed by atoms with Crippen LogP contribution in [0.2, 0.25) is 0 Å². The van der Waals surface area contributed by atoms with Crippen LogP contribution in [0.5, 0.6) is 0 Å². The number of anilines is 1. The zero-order valence-electron chi connectivity index (χ0n) is 16.8. The van der Waals surface area contributed by atoms with E-state index in [1.165, 1.54) is 0 Å². The molecular weight excluding hydrogens is 352 g/mol. The molecule has 1 saturated heterocycles. The van der Waals surface area contributed by atoms with E-state index in [-0.39, 0.29) is 17.7 Å². The average Bonchev–Trinajstić information content (AvgIpc) is 2.72. The number of rotatable bonds is 5. The van der Waals surface area contributed by atoms with Crippen molar-refractivity contribution < 1.29 is 9.59 Å². The Balaban J connectivity index is 1.62. The van der Waals surface area contributed by atoms with Crippen molar-refractivity contribution in [2.45, 2.75) is 26.8 Å². The van der Waals surface area contributed by atoms with Crippen molar-refractivity contribution in [1.82, 2.24) is 15.2 Å². The van der Waals surface area contributed by atoms with Crippen LogP contribution < -0.4 is 10.2 Å². The van der Waals surface area contributed by atoms with E-state index in [9.17, 15) is 9.59 Å². The number of benzene rings is 1. The summed E-state index contributed by atoms with van der Waals surface area (Å²) in [5, 5.41) is 2.94. The van der Waals surface area contributed by atoms with Crippen molar-refractivity contribution in [1.29, 1.82) is 0 Å². The molecule has 1 aliphatic rings. The van der Waals surface area contributed by atoms with Crippen LogP contribution in [0.4, 0.5) is 5.82 Å². The maximum atomic E-state index is 13.1. The monoisotopic (exact) mass is 380 g/mol. The molecule has 1 aromatic heterocycles. The van der Waals surface area contributed by atoms with Gasteiger partial charge in [-0.2, -0.15) is 0 Å². The number of carbonyl (C=O) groups excluding carboxylic acids is 2. The second kappa shape index (κ2) is 8.87. The topological polar surface area (TPSA) is 65.5 Å². The molecule has 1 atom stereocenters. The SMILES string of the molecule is Cc1ccc(C(=O)NC(C(=O)N2CCN(c3ccccn3)CC2)C(C)C)cc1. The first kappa shape index (κ1) is 19.9. The lowest BCUT2D eigenvalue weighted by Crippen LogP contribution is -2.56. The number of amides is 2. The number of carbonyl (C=O) groups is 2. The molecule has 1 unspecified atom stereocenters. The van der Waals surface area contributed by atoms with Gasteiger partial charge in [0.05, 0.1) is 0 Å². The first-order valence-corrected chi connectivity index (χ1v) is 9.78. The predicted octanol–water partition coefficient (Wildman–Crippen LogP) is 2.49. The standard InChI is InChI=1S/C22H28N4O2/c1-16(2)20(24-21(27)18-9-7-17(3)8-10-18)22(28)26-14-12-25(13-15-26)19-6-4-5-11-23-19/h4-11,16,20H,12-15H2,1-3H3,(H,24,27). The molecule has 2 heterocycles. The third-order valence-corrected chi connectivity index (χ3v) is 5.10. The molecular formula is C22H28N4O2. The van der Waals surface area contributed by atoms with Crippen LogP contribution in [0.15, 0.2) is 48.7 Å². The van der Waals surface area contributed by atoms with Crippen LogP contribution in [-0.4, -0.2) is 53.9 Å². The fraction of sp³-hybridized carbons (Fsp3) is 0.409. The molecule has 0 aliphatic carbocycles. The molecule has 2 aromatic rings. The van der Waals surface area contributed by atoms with Gasteiger partial charge in [0.2, 0.25) is 5.91 Å². The molecule has 2 amide bonds. The first-order chi connectivity index (χ1) is 13.5. The van der Waals surface area contributed by atoms with Gasteiger partial charge in [0.1, 0.15) is 11.9 Å². The van der Waals surface area contributed by atoms with Crippen LogP contribution in [-0.2, 0) is 4.79 Å². The average molecular weight is 380 g/mol. The Morgan fingerprint density at radius 3 is 2.25 bits per heavy atom. The highest BCUT2D eigenvalue weighted by Crippen LogP contribution is 2.15. The van der Waals surface area contributed by atoms with E-state index in [4.69, 9.17) is 0 Å². The minimum absolute atomic E-state index is 0.00992. The lowest BCUT2D eigenvalue weighted by atomic mass is 10.0. The van der Waals surface area contributed by atoms with Gasteiger partial charge in [0, 0.05) is 37.9 Å². The highest BCUT2D eigenvalue weighted by Gasteiger charge is 2.31. The van der Waals surface area contributed by atoms with Crippen LogP contribution in [0, 0.1) is 12.8 Å². The molecule has 1 N–H and O–H groups in total. The van der Waals surface area contributed by atoms with Crippen molar-refractivity contribution in [2.75, 3.05) is 31.1 Å². The predicted molar refractivity (Wildman–Crippen MR) is 110 cm³/mol. The Labute approximate surface area is 166 Å². The molecule has 148 valence electrons. The maximum Gasteiger partial charge on any atom is 0.251 e. The minimum Gasteiger partial charge on any atom is -0.353 e. The number of nitrogens with one attached hydrogen (secondary N) is 1. The fourth-order valence-corrected chi connectivity index (χ4v) is 3.34. The van der Waals surface area contributed by atoms with Gasteiger partial charge >= 0.3 is 0 Å². The summed E-state index contributed by atoms with van der Waals surface area (Å²) in [6.45, 7) is 8.62. The largest absolute Gasteiger partial charge is 0.353 e. The molecule has 0 spiro atoms. The van der Waals surface area contributed by atoms with E-state index in [1.54, 1.807) is 18.3 Å². The van der Waals surface area contributed by atoms with E-state index in [1.807, 2.05) is 56.0 Å². The number of pyridine rings is 1. The van der Waals surface area contributed by atoms with Crippen molar-refractivity contribution >= 4 is 17.6 Å². The van der Waals surface area contributed by atoms with Gasteiger partial charge in [-0.15, -0.1) is 0 Å². The van der Waals surface area contributed by atoms with Gasteiger partial charge in [-0.05, 0) is 37.1 Å². The number of hydrogen-bond donors (Lipinski definition) is 1. The Morgan fingerprint density at radius 1 is 1.00 bits per heavy atom. The van der Waals surface area contributed by atoms with E-state index in [0.717, 1.165) is 24.5 Å². The molecule has 3 rings (SSSR count). The zero-order valence-corrected chi connectivity index (χ0v) is 16.8. The van der Waals surface area contributed by atoms with E-state index in [0.29, 0.717) is 18.7 Å². The molecule has 28 heavy (non-hydrogen) atoms.